The number of nitrogens with zero attached hydrogens (tertiary/aromatic N) is 2. The Morgan fingerprint density at radius 1 is 0.970 bits per heavy atom. The molecule has 1 unspecified atom stereocenters. The molecule has 0 aromatic heterocycles. The number of benzene rings is 3. The molecule has 7 heteroatoms. The first-order valence-electron chi connectivity index (χ1n) is 10.9. The highest BCUT2D eigenvalue weighted by atomic mass is 16.6. The average Bonchev–Trinajstić information content (AvgIpc) is 2.84. The third kappa shape index (κ3) is 5.63. The summed E-state index contributed by atoms with van der Waals surface area (Å²) in [4.78, 5) is 29.0. The van der Waals surface area contributed by atoms with E-state index in [1.807, 2.05) is 49.4 Å². The van der Waals surface area contributed by atoms with Gasteiger partial charge in [-0.3, -0.25) is 4.79 Å². The van der Waals surface area contributed by atoms with Crippen molar-refractivity contribution in [2.24, 2.45) is 0 Å². The Hall–Kier alpha value is -4.00. The minimum absolute atomic E-state index is 0.000468. The molecule has 0 spiro atoms. The van der Waals surface area contributed by atoms with E-state index >= 15 is 0 Å². The molecular weight excluding hydrogens is 418 g/mol. The monoisotopic (exact) mass is 445 g/mol. The molecule has 1 aliphatic rings. The number of ether oxygens (including phenoxy) is 1. The van der Waals surface area contributed by atoms with E-state index in [2.05, 4.69) is 10.2 Å². The molecule has 7 nitrogen and oxygen atoms in total. The minimum Gasteiger partial charge on any atom is -0.508 e. The molecule has 1 aliphatic heterocycles. The standard InChI is InChI=1S/C26H27N3O4/c1-19-17-28(15-16-29(19)26(32)33-18-20-5-3-2-4-6-20)23-11-7-21(8-12-23)25(31)27-22-9-13-24(30)14-10-22/h2-14,19,30H,15-18H2,1H3,(H,27,31). The molecule has 0 radical (unpaired) electrons. The highest BCUT2D eigenvalue weighted by Gasteiger charge is 2.28. The molecule has 0 aliphatic carbocycles. The van der Waals surface area contributed by atoms with E-state index in [9.17, 15) is 14.7 Å². The summed E-state index contributed by atoms with van der Waals surface area (Å²) in [5.74, 6) is -0.0669. The van der Waals surface area contributed by atoms with Crippen LogP contribution < -0.4 is 10.2 Å². The summed E-state index contributed by atoms with van der Waals surface area (Å²) in [5.41, 5.74) is 3.13. The predicted octanol–water partition coefficient (Wildman–Crippen LogP) is 4.49. The normalized spacial score (nSPS) is 15.7. The van der Waals surface area contributed by atoms with Gasteiger partial charge in [0.2, 0.25) is 0 Å². The third-order valence-electron chi connectivity index (χ3n) is 5.69. The number of phenolic OH excluding ortho intramolecular Hbond substituents is 1. The van der Waals surface area contributed by atoms with Crippen LogP contribution in [0.4, 0.5) is 16.2 Å². The van der Waals surface area contributed by atoms with E-state index in [0.29, 0.717) is 30.9 Å². The Labute approximate surface area is 193 Å². The van der Waals surface area contributed by atoms with Crippen molar-refractivity contribution in [3.63, 3.8) is 0 Å². The molecule has 1 saturated heterocycles. The maximum absolute atomic E-state index is 12.5. The zero-order valence-electron chi connectivity index (χ0n) is 18.5. The van der Waals surface area contributed by atoms with Crippen LogP contribution in [-0.2, 0) is 11.3 Å². The van der Waals surface area contributed by atoms with Gasteiger partial charge in [0.15, 0.2) is 0 Å². The van der Waals surface area contributed by atoms with Crippen molar-refractivity contribution < 1.29 is 19.4 Å². The Bertz CT molecular complexity index is 1080. The Kier molecular flexibility index (Phi) is 6.78. The summed E-state index contributed by atoms with van der Waals surface area (Å²) in [6.07, 6.45) is -0.299. The van der Waals surface area contributed by atoms with Crippen LogP contribution >= 0.6 is 0 Å². The second kappa shape index (κ2) is 10.1. The number of hydrogen-bond donors (Lipinski definition) is 2. The zero-order valence-corrected chi connectivity index (χ0v) is 18.5. The number of rotatable bonds is 5. The number of carbonyl (C=O) groups excluding carboxylic acids is 2. The summed E-state index contributed by atoms with van der Waals surface area (Å²) < 4.78 is 5.49. The molecule has 1 heterocycles. The van der Waals surface area contributed by atoms with Crippen LogP contribution in [0.3, 0.4) is 0 Å². The molecule has 2 N–H and O–H groups in total. The predicted molar refractivity (Wildman–Crippen MR) is 128 cm³/mol. The topological polar surface area (TPSA) is 82.1 Å². The van der Waals surface area contributed by atoms with Gasteiger partial charge < -0.3 is 25.0 Å². The van der Waals surface area contributed by atoms with Crippen LogP contribution in [0.2, 0.25) is 0 Å². The number of piperazine rings is 1. The van der Waals surface area contributed by atoms with Gasteiger partial charge in [0, 0.05) is 42.6 Å². The maximum atomic E-state index is 12.5. The van der Waals surface area contributed by atoms with Crippen LogP contribution in [0.25, 0.3) is 0 Å². The summed E-state index contributed by atoms with van der Waals surface area (Å²) in [6, 6.07) is 23.4. The van der Waals surface area contributed by atoms with Crippen LogP contribution in [0.5, 0.6) is 5.75 Å². The Morgan fingerprint density at radius 3 is 2.33 bits per heavy atom. The van der Waals surface area contributed by atoms with Gasteiger partial charge in [0.25, 0.3) is 5.91 Å². The fourth-order valence-electron chi connectivity index (χ4n) is 3.84. The average molecular weight is 446 g/mol. The first-order chi connectivity index (χ1) is 16.0. The van der Waals surface area contributed by atoms with E-state index in [0.717, 1.165) is 11.3 Å². The van der Waals surface area contributed by atoms with Gasteiger partial charge in [0.1, 0.15) is 12.4 Å². The van der Waals surface area contributed by atoms with E-state index in [4.69, 9.17) is 4.74 Å². The van der Waals surface area contributed by atoms with Crippen molar-refractivity contribution in [2.75, 3.05) is 29.9 Å². The van der Waals surface area contributed by atoms with Crippen LogP contribution in [0.15, 0.2) is 78.9 Å². The largest absolute Gasteiger partial charge is 0.508 e. The lowest BCUT2D eigenvalue weighted by Gasteiger charge is -2.40. The van der Waals surface area contributed by atoms with Crippen molar-refractivity contribution in [2.45, 2.75) is 19.6 Å². The van der Waals surface area contributed by atoms with Gasteiger partial charge in [0.05, 0.1) is 0 Å². The van der Waals surface area contributed by atoms with Gasteiger partial charge in [-0.15, -0.1) is 0 Å². The summed E-state index contributed by atoms with van der Waals surface area (Å²) in [6.45, 7) is 4.21. The highest BCUT2D eigenvalue weighted by molar-refractivity contribution is 6.04. The Morgan fingerprint density at radius 2 is 1.67 bits per heavy atom. The number of nitrogens with one attached hydrogen (secondary N) is 1. The number of phenols is 1. The molecule has 170 valence electrons. The molecule has 2 amide bonds. The number of anilines is 2. The lowest BCUT2D eigenvalue weighted by molar-refractivity contribution is 0.0795. The van der Waals surface area contributed by atoms with Crippen molar-refractivity contribution in [1.82, 2.24) is 4.90 Å². The van der Waals surface area contributed by atoms with Crippen molar-refractivity contribution in [3.05, 3.63) is 90.0 Å². The van der Waals surface area contributed by atoms with Crippen LogP contribution in [0.1, 0.15) is 22.8 Å². The second-order valence-electron chi connectivity index (χ2n) is 8.08. The van der Waals surface area contributed by atoms with Gasteiger partial charge in [-0.05, 0) is 61.0 Å². The van der Waals surface area contributed by atoms with Gasteiger partial charge in [-0.1, -0.05) is 30.3 Å². The molecule has 0 bridgehead atoms. The molecule has 1 fully saturated rings. The number of carbonyl (C=O) groups is 2. The van der Waals surface area contributed by atoms with Gasteiger partial charge >= 0.3 is 6.09 Å². The third-order valence-corrected chi connectivity index (χ3v) is 5.69. The molecule has 33 heavy (non-hydrogen) atoms. The first kappa shape index (κ1) is 22.2. The molecule has 3 aromatic carbocycles. The van der Waals surface area contributed by atoms with Crippen molar-refractivity contribution in [3.8, 4) is 5.75 Å². The maximum Gasteiger partial charge on any atom is 0.410 e. The molecule has 4 rings (SSSR count). The summed E-state index contributed by atoms with van der Waals surface area (Å²) in [7, 11) is 0. The zero-order chi connectivity index (χ0) is 23.2. The van der Waals surface area contributed by atoms with E-state index < -0.39 is 0 Å². The summed E-state index contributed by atoms with van der Waals surface area (Å²) in [5, 5.41) is 12.2. The number of amides is 2. The summed E-state index contributed by atoms with van der Waals surface area (Å²) >= 11 is 0. The lowest BCUT2D eigenvalue weighted by Crippen LogP contribution is -2.54. The minimum atomic E-state index is -0.299. The van der Waals surface area contributed by atoms with Crippen LogP contribution in [-0.4, -0.2) is 47.7 Å². The SMILES string of the molecule is CC1CN(c2ccc(C(=O)Nc3ccc(O)cc3)cc2)CCN1C(=O)OCc1ccccc1. The fourth-order valence-corrected chi connectivity index (χ4v) is 3.84. The van der Waals surface area contributed by atoms with Crippen molar-refractivity contribution in [1.29, 1.82) is 0 Å². The highest BCUT2D eigenvalue weighted by Crippen LogP contribution is 2.22. The molecule has 3 aromatic rings. The van der Waals surface area contributed by atoms with E-state index in [1.54, 1.807) is 29.2 Å². The smallest absolute Gasteiger partial charge is 0.410 e. The molecule has 1 atom stereocenters. The van der Waals surface area contributed by atoms with Crippen LogP contribution in [0, 0.1) is 0 Å². The van der Waals surface area contributed by atoms with E-state index in [1.165, 1.54) is 12.1 Å². The van der Waals surface area contributed by atoms with Crippen molar-refractivity contribution >= 4 is 23.4 Å². The second-order valence-corrected chi connectivity index (χ2v) is 8.08. The number of aromatic hydroxyl groups is 1. The molecular formula is C26H27N3O4. The Balaban J connectivity index is 1.30. The lowest BCUT2D eigenvalue weighted by atomic mass is 10.1. The molecule has 0 saturated carbocycles. The quantitative estimate of drug-likeness (QED) is 0.566. The van der Waals surface area contributed by atoms with Gasteiger partial charge in [-0.2, -0.15) is 0 Å². The first-order valence-corrected chi connectivity index (χ1v) is 10.9. The van der Waals surface area contributed by atoms with E-state index in [-0.39, 0.29) is 30.4 Å². The fraction of sp³-hybridized carbons (Fsp3) is 0.231. The number of hydrogen-bond acceptors (Lipinski definition) is 5. The van der Waals surface area contributed by atoms with Gasteiger partial charge in [-0.25, -0.2) is 4.79 Å².